The van der Waals surface area contributed by atoms with Gasteiger partial charge in [-0.2, -0.15) is 5.10 Å². The van der Waals surface area contributed by atoms with Gasteiger partial charge in [-0.3, -0.25) is 14.5 Å². The van der Waals surface area contributed by atoms with E-state index >= 15 is 0 Å². The first-order valence-corrected chi connectivity index (χ1v) is 11.2. The molecule has 0 aliphatic rings. The second-order valence-corrected chi connectivity index (χ2v) is 8.27. The Bertz CT molecular complexity index is 1360. The summed E-state index contributed by atoms with van der Waals surface area (Å²) in [5.41, 5.74) is 1.03. The molecule has 2 heterocycles. The van der Waals surface area contributed by atoms with E-state index in [1.165, 1.54) is 4.90 Å². The van der Waals surface area contributed by atoms with E-state index in [1.807, 2.05) is 36.4 Å². The lowest BCUT2D eigenvalue weighted by atomic mass is 10.2. The highest BCUT2D eigenvalue weighted by atomic mass is 32.1. The SMILES string of the molecule is CCOC(=O)c1sc(N(Cc2ccccc2)C(=O)Cn2ncc3ccccc3c2=O)nc1C. The van der Waals surface area contributed by atoms with Gasteiger partial charge in [0.15, 0.2) is 5.13 Å². The van der Waals surface area contributed by atoms with Gasteiger partial charge in [0.2, 0.25) is 0 Å². The highest BCUT2D eigenvalue weighted by molar-refractivity contribution is 7.17. The lowest BCUT2D eigenvalue weighted by Crippen LogP contribution is -2.37. The summed E-state index contributed by atoms with van der Waals surface area (Å²) in [5, 5.41) is 5.73. The molecule has 0 N–H and O–H groups in total. The molecule has 4 aromatic rings. The zero-order valence-corrected chi connectivity index (χ0v) is 19.0. The van der Waals surface area contributed by atoms with Crippen LogP contribution in [0.4, 0.5) is 5.13 Å². The molecule has 4 rings (SSSR count). The van der Waals surface area contributed by atoms with E-state index in [0.29, 0.717) is 26.5 Å². The van der Waals surface area contributed by atoms with Gasteiger partial charge in [0.25, 0.3) is 11.5 Å². The van der Waals surface area contributed by atoms with Crippen LogP contribution < -0.4 is 10.5 Å². The zero-order valence-electron chi connectivity index (χ0n) is 18.2. The van der Waals surface area contributed by atoms with E-state index in [2.05, 4.69) is 10.1 Å². The Kier molecular flexibility index (Phi) is 6.60. The lowest BCUT2D eigenvalue weighted by Gasteiger charge is -2.20. The van der Waals surface area contributed by atoms with Crippen molar-refractivity contribution in [3.63, 3.8) is 0 Å². The zero-order chi connectivity index (χ0) is 23.4. The molecule has 2 aromatic heterocycles. The highest BCUT2D eigenvalue weighted by Gasteiger charge is 2.25. The normalized spacial score (nSPS) is 10.8. The number of carbonyl (C=O) groups excluding carboxylic acids is 2. The summed E-state index contributed by atoms with van der Waals surface area (Å²) in [7, 11) is 0. The minimum Gasteiger partial charge on any atom is -0.462 e. The van der Waals surface area contributed by atoms with Crippen LogP contribution in [0.1, 0.15) is 27.9 Å². The fourth-order valence-electron chi connectivity index (χ4n) is 3.37. The second kappa shape index (κ2) is 9.74. The van der Waals surface area contributed by atoms with Gasteiger partial charge in [0, 0.05) is 5.39 Å². The number of anilines is 1. The third kappa shape index (κ3) is 4.83. The van der Waals surface area contributed by atoms with Crippen LogP contribution >= 0.6 is 11.3 Å². The summed E-state index contributed by atoms with van der Waals surface area (Å²) in [6.45, 7) is 3.65. The summed E-state index contributed by atoms with van der Waals surface area (Å²) in [4.78, 5) is 44.8. The molecule has 0 bridgehead atoms. The predicted octanol–water partition coefficient (Wildman–Crippen LogP) is 3.57. The number of ether oxygens (including phenoxy) is 1. The maximum absolute atomic E-state index is 13.4. The van der Waals surface area contributed by atoms with Crippen molar-refractivity contribution in [1.82, 2.24) is 14.8 Å². The van der Waals surface area contributed by atoms with Crippen LogP contribution in [0.3, 0.4) is 0 Å². The van der Waals surface area contributed by atoms with Crippen molar-refractivity contribution in [2.24, 2.45) is 0 Å². The number of aromatic nitrogens is 3. The van der Waals surface area contributed by atoms with Gasteiger partial charge >= 0.3 is 5.97 Å². The maximum Gasteiger partial charge on any atom is 0.350 e. The number of nitrogens with zero attached hydrogens (tertiary/aromatic N) is 4. The third-order valence-corrected chi connectivity index (χ3v) is 6.17. The molecular weight excluding hydrogens is 440 g/mol. The van der Waals surface area contributed by atoms with Crippen LogP contribution in [0.5, 0.6) is 0 Å². The van der Waals surface area contributed by atoms with Crippen molar-refractivity contribution >= 4 is 39.1 Å². The average molecular weight is 463 g/mol. The largest absolute Gasteiger partial charge is 0.462 e. The van der Waals surface area contributed by atoms with Gasteiger partial charge in [-0.15, -0.1) is 0 Å². The van der Waals surface area contributed by atoms with Gasteiger partial charge in [-0.25, -0.2) is 14.5 Å². The van der Waals surface area contributed by atoms with Gasteiger partial charge in [-0.05, 0) is 25.5 Å². The molecule has 0 aliphatic carbocycles. The molecule has 0 aliphatic heterocycles. The Balaban J connectivity index is 1.69. The van der Waals surface area contributed by atoms with Crippen LogP contribution in [0, 0.1) is 6.92 Å². The summed E-state index contributed by atoms with van der Waals surface area (Å²) >= 11 is 1.09. The molecule has 0 saturated carbocycles. The van der Waals surface area contributed by atoms with E-state index in [1.54, 1.807) is 38.2 Å². The minimum atomic E-state index is -0.474. The van der Waals surface area contributed by atoms with E-state index in [0.717, 1.165) is 21.6 Å². The van der Waals surface area contributed by atoms with Crippen LogP contribution in [0.25, 0.3) is 10.8 Å². The average Bonchev–Trinajstić information content (AvgIpc) is 3.21. The molecule has 8 nitrogen and oxygen atoms in total. The number of hydrogen-bond donors (Lipinski definition) is 0. The van der Waals surface area contributed by atoms with Crippen molar-refractivity contribution < 1.29 is 14.3 Å². The summed E-state index contributed by atoms with van der Waals surface area (Å²) in [6.07, 6.45) is 1.57. The van der Waals surface area contributed by atoms with E-state index in [9.17, 15) is 14.4 Å². The van der Waals surface area contributed by atoms with Crippen LogP contribution in [-0.2, 0) is 22.6 Å². The first-order chi connectivity index (χ1) is 16.0. The van der Waals surface area contributed by atoms with Crippen molar-refractivity contribution in [2.45, 2.75) is 26.9 Å². The number of aryl methyl sites for hydroxylation is 1. The van der Waals surface area contributed by atoms with E-state index in [-0.39, 0.29) is 31.2 Å². The number of amides is 1. The fraction of sp³-hybridized carbons (Fsp3) is 0.208. The van der Waals surface area contributed by atoms with E-state index in [4.69, 9.17) is 4.74 Å². The number of fused-ring (bicyclic) bond motifs is 1. The Hall–Kier alpha value is -3.85. The van der Waals surface area contributed by atoms with Gasteiger partial charge in [0.1, 0.15) is 11.4 Å². The molecule has 0 spiro atoms. The molecule has 2 aromatic carbocycles. The monoisotopic (exact) mass is 462 g/mol. The Morgan fingerprint density at radius 3 is 2.58 bits per heavy atom. The van der Waals surface area contributed by atoms with E-state index < -0.39 is 5.97 Å². The number of rotatable bonds is 7. The minimum absolute atomic E-state index is 0.233. The molecule has 0 unspecified atom stereocenters. The molecule has 1 amide bonds. The molecule has 33 heavy (non-hydrogen) atoms. The van der Waals surface area contributed by atoms with Gasteiger partial charge in [0.05, 0.1) is 30.4 Å². The molecule has 0 radical (unpaired) electrons. The van der Waals surface area contributed by atoms with Crippen molar-refractivity contribution in [3.05, 3.63) is 87.3 Å². The predicted molar refractivity (Wildman–Crippen MR) is 126 cm³/mol. The maximum atomic E-state index is 13.4. The van der Waals surface area contributed by atoms with Crippen molar-refractivity contribution in [2.75, 3.05) is 11.5 Å². The topological polar surface area (TPSA) is 94.4 Å². The number of hydrogen-bond acceptors (Lipinski definition) is 7. The summed E-state index contributed by atoms with van der Waals surface area (Å²) in [6, 6.07) is 16.5. The second-order valence-electron chi connectivity index (χ2n) is 7.29. The molecule has 0 fully saturated rings. The lowest BCUT2D eigenvalue weighted by molar-refractivity contribution is -0.119. The molecular formula is C24H22N4O4S. The summed E-state index contributed by atoms with van der Waals surface area (Å²) in [5.74, 6) is -0.842. The molecule has 9 heteroatoms. The number of benzene rings is 2. The van der Waals surface area contributed by atoms with Gasteiger partial charge in [-0.1, -0.05) is 59.9 Å². The molecule has 0 saturated heterocycles. The van der Waals surface area contributed by atoms with Crippen LogP contribution in [0.15, 0.2) is 65.6 Å². The Labute approximate surface area is 194 Å². The summed E-state index contributed by atoms with van der Waals surface area (Å²) < 4.78 is 6.25. The van der Waals surface area contributed by atoms with Crippen LogP contribution in [-0.4, -0.2) is 33.2 Å². The number of thiazole rings is 1. The van der Waals surface area contributed by atoms with Crippen molar-refractivity contribution in [1.29, 1.82) is 0 Å². The van der Waals surface area contributed by atoms with Crippen LogP contribution in [0.2, 0.25) is 0 Å². The Morgan fingerprint density at radius 2 is 1.82 bits per heavy atom. The Morgan fingerprint density at radius 1 is 1.09 bits per heavy atom. The van der Waals surface area contributed by atoms with Gasteiger partial charge < -0.3 is 4.74 Å². The molecule has 0 atom stereocenters. The molecule has 168 valence electrons. The first kappa shape index (κ1) is 22.3. The number of esters is 1. The third-order valence-electron chi connectivity index (χ3n) is 5.01. The quantitative estimate of drug-likeness (QED) is 0.390. The highest BCUT2D eigenvalue weighted by Crippen LogP contribution is 2.28. The standard InChI is InChI=1S/C24H22N4O4S/c1-3-32-23(31)21-16(2)26-24(33-21)27(14-17-9-5-4-6-10-17)20(29)15-28-22(30)19-12-8-7-11-18(19)13-25-28/h4-13H,3,14-15H2,1-2H3. The fourth-order valence-corrected chi connectivity index (χ4v) is 4.34. The first-order valence-electron chi connectivity index (χ1n) is 10.4. The number of carbonyl (C=O) groups is 2. The van der Waals surface area contributed by atoms with Crippen molar-refractivity contribution in [3.8, 4) is 0 Å². The smallest absolute Gasteiger partial charge is 0.350 e.